The monoisotopic (exact) mass is 324 g/mol. The van der Waals surface area contributed by atoms with Gasteiger partial charge in [0.05, 0.1) is 3.79 Å². The molecule has 1 aromatic heterocycles. The number of thiophene rings is 1. The number of hydrogen-bond acceptors (Lipinski definition) is 4. The lowest BCUT2D eigenvalue weighted by atomic mass is 10.4. The Kier molecular flexibility index (Phi) is 3.70. The molecule has 90 valence electrons. The quantitative estimate of drug-likeness (QED) is 0.865. The highest BCUT2D eigenvalue weighted by molar-refractivity contribution is 9.11. The Bertz CT molecular complexity index is 480. The topological polar surface area (TPSA) is 72.2 Å². The number of rotatable bonds is 5. The average molecular weight is 325 g/mol. The van der Waals surface area contributed by atoms with E-state index in [0.717, 1.165) is 17.7 Å². The van der Waals surface area contributed by atoms with Crippen molar-refractivity contribution in [3.63, 3.8) is 0 Å². The molecule has 0 amide bonds. The summed E-state index contributed by atoms with van der Waals surface area (Å²) in [5, 5.41) is 0. The maximum Gasteiger partial charge on any atom is 0.242 e. The second kappa shape index (κ2) is 4.73. The highest BCUT2D eigenvalue weighted by atomic mass is 79.9. The van der Waals surface area contributed by atoms with Crippen LogP contribution in [0.3, 0.4) is 0 Å². The Balaban J connectivity index is 2.16. The molecule has 0 aliphatic heterocycles. The predicted molar refractivity (Wildman–Crippen MR) is 67.8 cm³/mol. The zero-order chi connectivity index (χ0) is 11.8. The molecule has 1 saturated carbocycles. The third-order valence-corrected chi connectivity index (χ3v) is 6.15. The maximum absolute atomic E-state index is 11.9. The van der Waals surface area contributed by atoms with E-state index in [-0.39, 0.29) is 0 Å². The number of halogens is 1. The molecule has 0 radical (unpaired) electrons. The summed E-state index contributed by atoms with van der Waals surface area (Å²) >= 11 is 4.62. The molecular formula is C9H13BrN2O2S2. The Hall–Kier alpha value is 0.0500. The molecule has 1 fully saturated rings. The van der Waals surface area contributed by atoms with Crippen molar-refractivity contribution >= 4 is 37.3 Å². The van der Waals surface area contributed by atoms with Gasteiger partial charge in [-0.2, -0.15) is 0 Å². The second-order valence-corrected chi connectivity index (χ2v) is 8.04. The van der Waals surface area contributed by atoms with E-state index in [4.69, 9.17) is 5.73 Å². The number of nitrogens with two attached hydrogens (primary N) is 1. The van der Waals surface area contributed by atoms with Gasteiger partial charge in [0.1, 0.15) is 4.90 Å². The van der Waals surface area contributed by atoms with E-state index in [1.807, 2.05) is 0 Å². The average Bonchev–Trinajstić information content (AvgIpc) is 2.98. The fourth-order valence-corrected chi connectivity index (χ4v) is 4.98. The van der Waals surface area contributed by atoms with Gasteiger partial charge >= 0.3 is 0 Å². The summed E-state index contributed by atoms with van der Waals surface area (Å²) in [6.45, 7) is 0.907. The standard InChI is InChI=1S/C9H13BrN2O2S2/c10-9-8(3-7(4-11)15-9)16(13,14)12-5-6-1-2-6/h3,6,12H,1-2,4-5,11H2. The lowest BCUT2D eigenvalue weighted by molar-refractivity contribution is 0.577. The normalized spacial score (nSPS) is 16.6. The van der Waals surface area contributed by atoms with Gasteiger partial charge in [-0.15, -0.1) is 11.3 Å². The molecule has 2 rings (SSSR count). The van der Waals surface area contributed by atoms with Crippen LogP contribution >= 0.6 is 27.3 Å². The molecule has 3 N–H and O–H groups in total. The zero-order valence-electron chi connectivity index (χ0n) is 8.57. The van der Waals surface area contributed by atoms with Crippen LogP contribution in [0.25, 0.3) is 0 Å². The fraction of sp³-hybridized carbons (Fsp3) is 0.556. The van der Waals surface area contributed by atoms with Gasteiger partial charge in [0.15, 0.2) is 0 Å². The molecule has 0 atom stereocenters. The minimum atomic E-state index is -3.38. The van der Waals surface area contributed by atoms with Gasteiger partial charge in [-0.1, -0.05) is 0 Å². The first-order chi connectivity index (χ1) is 7.53. The highest BCUT2D eigenvalue weighted by Crippen LogP contribution is 2.32. The predicted octanol–water partition coefficient (Wildman–Crippen LogP) is 1.66. The first-order valence-corrected chi connectivity index (χ1v) is 8.10. The molecule has 16 heavy (non-hydrogen) atoms. The molecule has 0 spiro atoms. The molecular weight excluding hydrogens is 312 g/mol. The molecule has 0 bridgehead atoms. The minimum Gasteiger partial charge on any atom is -0.326 e. The summed E-state index contributed by atoms with van der Waals surface area (Å²) in [6.07, 6.45) is 2.25. The van der Waals surface area contributed by atoms with E-state index in [9.17, 15) is 8.42 Å². The lowest BCUT2D eigenvalue weighted by Crippen LogP contribution is -2.25. The van der Waals surface area contributed by atoms with Crippen LogP contribution in [0.2, 0.25) is 0 Å². The number of sulfonamides is 1. The van der Waals surface area contributed by atoms with Crippen molar-refractivity contribution in [2.24, 2.45) is 11.7 Å². The molecule has 1 heterocycles. The van der Waals surface area contributed by atoms with Crippen molar-refractivity contribution in [3.8, 4) is 0 Å². The van der Waals surface area contributed by atoms with Crippen molar-refractivity contribution in [1.82, 2.24) is 4.72 Å². The van der Waals surface area contributed by atoms with Gasteiger partial charge < -0.3 is 5.73 Å². The first kappa shape index (κ1) is 12.5. The Labute approximate surface area is 107 Å². The second-order valence-electron chi connectivity index (χ2n) is 3.85. The molecule has 1 aromatic rings. The van der Waals surface area contributed by atoms with E-state index >= 15 is 0 Å². The van der Waals surface area contributed by atoms with Crippen molar-refractivity contribution in [1.29, 1.82) is 0 Å². The van der Waals surface area contributed by atoms with E-state index < -0.39 is 10.0 Å². The number of hydrogen-bond donors (Lipinski definition) is 2. The molecule has 0 saturated heterocycles. The van der Waals surface area contributed by atoms with Gasteiger partial charge in [-0.3, -0.25) is 0 Å². The molecule has 1 aliphatic carbocycles. The van der Waals surface area contributed by atoms with Crippen LogP contribution < -0.4 is 10.5 Å². The van der Waals surface area contributed by atoms with E-state index in [1.54, 1.807) is 6.07 Å². The molecule has 4 nitrogen and oxygen atoms in total. The fourth-order valence-electron chi connectivity index (χ4n) is 1.31. The third-order valence-electron chi connectivity index (χ3n) is 2.46. The summed E-state index contributed by atoms with van der Waals surface area (Å²) in [5.41, 5.74) is 5.48. The highest BCUT2D eigenvalue weighted by Gasteiger charge is 2.26. The summed E-state index contributed by atoms with van der Waals surface area (Å²) in [4.78, 5) is 1.16. The van der Waals surface area contributed by atoms with Crippen LogP contribution in [0.15, 0.2) is 14.7 Å². The van der Waals surface area contributed by atoms with E-state index in [1.165, 1.54) is 11.3 Å². The van der Waals surface area contributed by atoms with Crippen LogP contribution in [0.4, 0.5) is 0 Å². The SMILES string of the molecule is NCc1cc(S(=O)(=O)NCC2CC2)c(Br)s1. The van der Waals surface area contributed by atoms with E-state index in [2.05, 4.69) is 20.7 Å². The lowest BCUT2D eigenvalue weighted by Gasteiger charge is -2.04. The van der Waals surface area contributed by atoms with Crippen molar-refractivity contribution in [2.75, 3.05) is 6.54 Å². The van der Waals surface area contributed by atoms with Crippen molar-refractivity contribution < 1.29 is 8.42 Å². The molecule has 0 unspecified atom stereocenters. The van der Waals surface area contributed by atoms with Crippen molar-refractivity contribution in [3.05, 3.63) is 14.7 Å². The van der Waals surface area contributed by atoms with Crippen LogP contribution in [0.1, 0.15) is 17.7 Å². The Morgan fingerprint density at radius 2 is 2.25 bits per heavy atom. The van der Waals surface area contributed by atoms with Gasteiger partial charge in [0.2, 0.25) is 10.0 Å². The summed E-state index contributed by atoms with van der Waals surface area (Å²) in [6, 6.07) is 1.63. The van der Waals surface area contributed by atoms with Gasteiger partial charge in [-0.05, 0) is 40.8 Å². The van der Waals surface area contributed by atoms with Crippen molar-refractivity contribution in [2.45, 2.75) is 24.3 Å². The van der Waals surface area contributed by atoms with Gasteiger partial charge in [0, 0.05) is 18.0 Å². The van der Waals surface area contributed by atoms with Crippen LogP contribution in [-0.4, -0.2) is 15.0 Å². The summed E-state index contributed by atoms with van der Waals surface area (Å²) in [5.74, 6) is 0.529. The largest absolute Gasteiger partial charge is 0.326 e. The first-order valence-electron chi connectivity index (χ1n) is 5.01. The Morgan fingerprint density at radius 3 is 2.75 bits per heavy atom. The van der Waals surface area contributed by atoms with Gasteiger partial charge in [-0.25, -0.2) is 13.1 Å². The van der Waals surface area contributed by atoms with E-state index in [0.29, 0.717) is 27.7 Å². The number of nitrogens with one attached hydrogen (secondary N) is 1. The van der Waals surface area contributed by atoms with Crippen LogP contribution in [0.5, 0.6) is 0 Å². The van der Waals surface area contributed by atoms with Crippen LogP contribution in [-0.2, 0) is 16.6 Å². The minimum absolute atomic E-state index is 0.304. The molecule has 1 aliphatic rings. The summed E-state index contributed by atoms with van der Waals surface area (Å²) in [7, 11) is -3.38. The summed E-state index contributed by atoms with van der Waals surface area (Å²) < 4.78 is 27.1. The van der Waals surface area contributed by atoms with Crippen LogP contribution in [0, 0.1) is 5.92 Å². The van der Waals surface area contributed by atoms with Gasteiger partial charge in [0.25, 0.3) is 0 Å². The maximum atomic E-state index is 11.9. The smallest absolute Gasteiger partial charge is 0.242 e. The zero-order valence-corrected chi connectivity index (χ0v) is 11.8. The molecule has 0 aromatic carbocycles. The molecule has 7 heteroatoms. The Morgan fingerprint density at radius 1 is 1.56 bits per heavy atom. The third kappa shape index (κ3) is 2.84.